The zero-order valence-electron chi connectivity index (χ0n) is 15.8. The minimum Gasteiger partial charge on any atom is -0.496 e. The van der Waals surface area contributed by atoms with Crippen LogP contribution in [-0.4, -0.2) is 35.1 Å². The molecule has 0 aliphatic carbocycles. The smallest absolute Gasteiger partial charge is 0.309 e. The Bertz CT molecular complexity index is 996. The maximum Gasteiger partial charge on any atom is 0.309 e. The van der Waals surface area contributed by atoms with Crippen LogP contribution in [0.5, 0.6) is 5.75 Å². The van der Waals surface area contributed by atoms with Crippen molar-refractivity contribution in [2.24, 2.45) is 7.05 Å². The minimum atomic E-state index is -0.907. The molecule has 0 aliphatic heterocycles. The molecule has 0 unspecified atom stereocenters. The normalized spacial score (nSPS) is 11.8. The summed E-state index contributed by atoms with van der Waals surface area (Å²) in [5, 5.41) is 16.3. The third-order valence-corrected chi connectivity index (χ3v) is 4.59. The molecule has 1 aromatic heterocycles. The van der Waals surface area contributed by atoms with Crippen LogP contribution in [0.1, 0.15) is 17.2 Å². The number of aromatic nitrogens is 1. The van der Waals surface area contributed by atoms with E-state index >= 15 is 0 Å². The molecule has 3 aromatic rings. The number of carbonyl (C=O) groups excluding carboxylic acids is 2. The number of fused-ring (bicyclic) bond motifs is 1. The Morgan fingerprint density at radius 3 is 2.64 bits per heavy atom. The van der Waals surface area contributed by atoms with Gasteiger partial charge in [0, 0.05) is 37.4 Å². The second kappa shape index (κ2) is 8.58. The number of methoxy groups -OCH3 is 1. The molecule has 1 heterocycles. The van der Waals surface area contributed by atoms with Crippen LogP contribution < -0.4 is 15.4 Å². The largest absolute Gasteiger partial charge is 0.496 e. The molecule has 0 aliphatic rings. The lowest BCUT2D eigenvalue weighted by atomic mass is 10.1. The highest BCUT2D eigenvalue weighted by Gasteiger charge is 2.16. The van der Waals surface area contributed by atoms with Crippen LogP contribution in [0.3, 0.4) is 0 Å². The Balaban J connectivity index is 1.52. The zero-order valence-corrected chi connectivity index (χ0v) is 15.8. The van der Waals surface area contributed by atoms with Gasteiger partial charge in [0.25, 0.3) is 0 Å². The number of aryl methyl sites for hydroxylation is 1. The average Bonchev–Trinajstić information content (AvgIpc) is 3.10. The van der Waals surface area contributed by atoms with Crippen LogP contribution in [0.4, 0.5) is 0 Å². The Labute approximate surface area is 162 Å². The van der Waals surface area contributed by atoms with Crippen molar-refractivity contribution in [1.29, 1.82) is 0 Å². The second-order valence-corrected chi connectivity index (χ2v) is 6.47. The maximum atomic E-state index is 12.0. The molecule has 0 saturated heterocycles. The van der Waals surface area contributed by atoms with Gasteiger partial charge in [-0.3, -0.25) is 9.59 Å². The Hall–Kier alpha value is -3.32. The molecular weight excluding hydrogens is 358 g/mol. The summed E-state index contributed by atoms with van der Waals surface area (Å²) in [5.41, 5.74) is 2.49. The van der Waals surface area contributed by atoms with E-state index in [4.69, 9.17) is 4.74 Å². The number of rotatable bonds is 6. The number of para-hydroxylation sites is 1. The van der Waals surface area contributed by atoms with E-state index in [2.05, 4.69) is 10.6 Å². The SMILES string of the molecule is COc1ccccc1CNC(=O)C(=O)NC[C@@H](O)c1ccc2c(ccn2C)c1. The number of nitrogens with zero attached hydrogens (tertiary/aromatic N) is 1. The van der Waals surface area contributed by atoms with Gasteiger partial charge < -0.3 is 25.0 Å². The summed E-state index contributed by atoms with van der Waals surface area (Å²) in [5.74, 6) is -0.929. The minimum absolute atomic E-state index is 0.0563. The Kier molecular flexibility index (Phi) is 5.96. The fraction of sp³-hybridized carbons (Fsp3) is 0.238. The molecule has 2 amide bonds. The highest BCUT2D eigenvalue weighted by Crippen LogP contribution is 2.21. The van der Waals surface area contributed by atoms with Gasteiger partial charge in [0.1, 0.15) is 5.75 Å². The number of hydrogen-bond acceptors (Lipinski definition) is 4. The van der Waals surface area contributed by atoms with Crippen LogP contribution in [0.15, 0.2) is 54.7 Å². The van der Waals surface area contributed by atoms with Crippen LogP contribution >= 0.6 is 0 Å². The van der Waals surface area contributed by atoms with Crippen LogP contribution in [0, 0.1) is 0 Å². The standard InChI is InChI=1S/C21H23N3O4/c1-24-10-9-14-11-15(7-8-17(14)24)18(25)13-23-21(27)20(26)22-12-16-5-3-4-6-19(16)28-2/h3-11,18,25H,12-13H2,1-2H3,(H,22,26)(H,23,27)/t18-/m1/s1. The lowest BCUT2D eigenvalue weighted by molar-refractivity contribution is -0.139. The number of nitrogens with one attached hydrogen (secondary N) is 2. The van der Waals surface area contributed by atoms with Gasteiger partial charge in [0.15, 0.2) is 0 Å². The first kappa shape index (κ1) is 19.4. The molecule has 7 heteroatoms. The van der Waals surface area contributed by atoms with Crippen molar-refractivity contribution in [2.45, 2.75) is 12.6 Å². The van der Waals surface area contributed by atoms with Gasteiger partial charge in [-0.1, -0.05) is 24.3 Å². The van der Waals surface area contributed by atoms with Gasteiger partial charge in [-0.2, -0.15) is 0 Å². The first-order valence-corrected chi connectivity index (χ1v) is 8.90. The quantitative estimate of drug-likeness (QED) is 0.566. The summed E-state index contributed by atoms with van der Waals surface area (Å²) in [7, 11) is 3.49. The predicted molar refractivity (Wildman–Crippen MR) is 106 cm³/mol. The lowest BCUT2D eigenvalue weighted by Crippen LogP contribution is -2.41. The molecule has 1 atom stereocenters. The number of hydrogen-bond donors (Lipinski definition) is 3. The highest BCUT2D eigenvalue weighted by atomic mass is 16.5. The molecule has 0 fully saturated rings. The molecule has 146 valence electrons. The fourth-order valence-electron chi connectivity index (χ4n) is 3.00. The van der Waals surface area contributed by atoms with Gasteiger partial charge in [-0.25, -0.2) is 0 Å². The monoisotopic (exact) mass is 381 g/mol. The molecule has 7 nitrogen and oxygen atoms in total. The van der Waals surface area contributed by atoms with E-state index < -0.39 is 17.9 Å². The summed E-state index contributed by atoms with van der Waals surface area (Å²) in [6, 6.07) is 14.8. The van der Waals surface area contributed by atoms with Crippen molar-refractivity contribution in [2.75, 3.05) is 13.7 Å². The molecule has 2 aromatic carbocycles. The van der Waals surface area contributed by atoms with Crippen molar-refractivity contribution >= 4 is 22.7 Å². The highest BCUT2D eigenvalue weighted by molar-refractivity contribution is 6.35. The molecule has 3 N–H and O–H groups in total. The number of ether oxygens (including phenoxy) is 1. The molecule has 28 heavy (non-hydrogen) atoms. The summed E-state index contributed by atoms with van der Waals surface area (Å²) in [4.78, 5) is 24.0. The molecule has 0 bridgehead atoms. The number of aliphatic hydroxyl groups is 1. The van der Waals surface area contributed by atoms with Crippen molar-refractivity contribution in [3.8, 4) is 5.75 Å². The van der Waals surface area contributed by atoms with E-state index in [9.17, 15) is 14.7 Å². The van der Waals surface area contributed by atoms with Crippen LogP contribution in [-0.2, 0) is 23.2 Å². The molecule has 3 rings (SSSR count). The maximum absolute atomic E-state index is 12.0. The van der Waals surface area contributed by atoms with Crippen molar-refractivity contribution < 1.29 is 19.4 Å². The Morgan fingerprint density at radius 1 is 1.11 bits per heavy atom. The van der Waals surface area contributed by atoms with E-state index in [0.29, 0.717) is 11.3 Å². The number of aliphatic hydroxyl groups excluding tert-OH is 1. The molecule has 0 saturated carbocycles. The van der Waals surface area contributed by atoms with Crippen molar-refractivity contribution in [3.63, 3.8) is 0 Å². The molecular formula is C21H23N3O4. The summed E-state index contributed by atoms with van der Waals surface area (Å²) in [6.07, 6.45) is 1.03. The van der Waals surface area contributed by atoms with Gasteiger partial charge >= 0.3 is 11.8 Å². The predicted octanol–water partition coefficient (Wildman–Crippen LogP) is 1.65. The van der Waals surface area contributed by atoms with E-state index in [0.717, 1.165) is 16.5 Å². The van der Waals surface area contributed by atoms with Gasteiger partial charge in [0.2, 0.25) is 0 Å². The van der Waals surface area contributed by atoms with Crippen molar-refractivity contribution in [1.82, 2.24) is 15.2 Å². The fourth-order valence-corrected chi connectivity index (χ4v) is 3.00. The van der Waals surface area contributed by atoms with E-state index in [1.54, 1.807) is 25.3 Å². The molecule has 0 radical (unpaired) electrons. The second-order valence-electron chi connectivity index (χ2n) is 6.47. The van der Waals surface area contributed by atoms with Crippen LogP contribution in [0.2, 0.25) is 0 Å². The van der Waals surface area contributed by atoms with Gasteiger partial charge in [0.05, 0.1) is 13.2 Å². The third-order valence-electron chi connectivity index (χ3n) is 4.59. The summed E-state index contributed by atoms with van der Waals surface area (Å²) in [6.45, 7) is 0.114. The lowest BCUT2D eigenvalue weighted by Gasteiger charge is -2.13. The first-order valence-electron chi connectivity index (χ1n) is 8.90. The number of carbonyl (C=O) groups is 2. The van der Waals surface area contributed by atoms with Crippen LogP contribution in [0.25, 0.3) is 10.9 Å². The van der Waals surface area contributed by atoms with E-state index in [-0.39, 0.29) is 13.1 Å². The number of amides is 2. The molecule has 0 spiro atoms. The summed E-state index contributed by atoms with van der Waals surface area (Å²) >= 11 is 0. The van der Waals surface area contributed by atoms with E-state index in [1.807, 2.05) is 48.1 Å². The first-order chi connectivity index (χ1) is 13.5. The Morgan fingerprint density at radius 2 is 1.86 bits per heavy atom. The average molecular weight is 381 g/mol. The zero-order chi connectivity index (χ0) is 20.1. The van der Waals surface area contributed by atoms with Gasteiger partial charge in [-0.15, -0.1) is 0 Å². The van der Waals surface area contributed by atoms with Gasteiger partial charge in [-0.05, 0) is 35.2 Å². The number of benzene rings is 2. The van der Waals surface area contributed by atoms with E-state index in [1.165, 1.54) is 0 Å². The topological polar surface area (TPSA) is 92.6 Å². The summed E-state index contributed by atoms with van der Waals surface area (Å²) < 4.78 is 7.20. The van der Waals surface area contributed by atoms with Crippen molar-refractivity contribution in [3.05, 3.63) is 65.9 Å². The third kappa shape index (κ3) is 4.32.